The van der Waals surface area contributed by atoms with Crippen molar-refractivity contribution in [3.63, 3.8) is 0 Å². The number of pyridine rings is 1. The van der Waals surface area contributed by atoms with Gasteiger partial charge in [0.1, 0.15) is 5.82 Å². The SMILES string of the molecule is C=C1CCC(c2nn(C)c3cc(N4CCN(C(=C)CCC5CCCCC5)CC4)ccc23)C(=C)N1.C=Cc1nc(N2CCc3cccc(C(=C)Nc4nc5ccccc5s4)c3C2)ccc1-c1cccc(C)c1C. The average molecular weight is 974 g/mol. The third-order valence-corrected chi connectivity index (χ3v) is 16.8. The summed E-state index contributed by atoms with van der Waals surface area (Å²) in [6.07, 6.45) is 14.5. The van der Waals surface area contributed by atoms with Gasteiger partial charge in [-0.15, -0.1) is 0 Å². The predicted molar refractivity (Wildman–Crippen MR) is 306 cm³/mol. The van der Waals surface area contributed by atoms with Gasteiger partial charge in [-0.05, 0) is 128 Å². The van der Waals surface area contributed by atoms with E-state index in [0.717, 1.165) is 125 Å². The maximum atomic E-state index is 5.06. The molecular formula is C62H71N9S. The van der Waals surface area contributed by atoms with Crippen molar-refractivity contribution in [2.75, 3.05) is 47.8 Å². The molecule has 370 valence electrons. The van der Waals surface area contributed by atoms with Crippen LogP contribution in [0.1, 0.15) is 103 Å². The molecule has 1 atom stereocenters. The van der Waals surface area contributed by atoms with Crippen LogP contribution in [0.25, 0.3) is 44.0 Å². The molecule has 9 nitrogen and oxygen atoms in total. The minimum absolute atomic E-state index is 0.239. The van der Waals surface area contributed by atoms with Crippen LogP contribution in [0, 0.1) is 19.8 Å². The second kappa shape index (κ2) is 21.4. The number of benzene rings is 4. The molecule has 3 fully saturated rings. The number of thiazole rings is 1. The van der Waals surface area contributed by atoms with Crippen LogP contribution in [-0.2, 0) is 20.0 Å². The summed E-state index contributed by atoms with van der Waals surface area (Å²) >= 11 is 1.65. The molecule has 11 rings (SSSR count). The van der Waals surface area contributed by atoms with Gasteiger partial charge in [-0.3, -0.25) is 4.68 Å². The van der Waals surface area contributed by atoms with Crippen LogP contribution < -0.4 is 20.4 Å². The maximum absolute atomic E-state index is 5.06. The van der Waals surface area contributed by atoms with E-state index < -0.39 is 0 Å². The Balaban J connectivity index is 0.000000167. The van der Waals surface area contributed by atoms with E-state index in [1.807, 2.05) is 29.0 Å². The van der Waals surface area contributed by atoms with Crippen LogP contribution in [0.5, 0.6) is 0 Å². The van der Waals surface area contributed by atoms with E-state index in [2.05, 4.69) is 152 Å². The van der Waals surface area contributed by atoms with Crippen molar-refractivity contribution in [1.29, 1.82) is 0 Å². The van der Waals surface area contributed by atoms with Crippen molar-refractivity contribution in [2.45, 2.75) is 90.5 Å². The third-order valence-electron chi connectivity index (χ3n) is 15.8. The number of piperazine rings is 1. The van der Waals surface area contributed by atoms with E-state index in [1.54, 1.807) is 11.3 Å². The third kappa shape index (κ3) is 10.4. The van der Waals surface area contributed by atoms with Crippen LogP contribution in [0.15, 0.2) is 141 Å². The number of piperidine rings is 1. The van der Waals surface area contributed by atoms with Crippen molar-refractivity contribution in [3.05, 3.63) is 180 Å². The quantitative estimate of drug-likeness (QED) is 0.125. The molecule has 2 saturated heterocycles. The summed E-state index contributed by atoms with van der Waals surface area (Å²) in [4.78, 5) is 17.2. The number of nitrogens with one attached hydrogen (secondary N) is 2. The minimum atomic E-state index is 0.239. The summed E-state index contributed by atoms with van der Waals surface area (Å²) in [7, 11) is 2.06. The van der Waals surface area contributed by atoms with Crippen molar-refractivity contribution in [3.8, 4) is 11.1 Å². The molecule has 1 unspecified atom stereocenters. The lowest BCUT2D eigenvalue weighted by Crippen LogP contribution is -2.45. The average Bonchev–Trinajstić information content (AvgIpc) is 3.97. The van der Waals surface area contributed by atoms with Gasteiger partial charge in [-0.2, -0.15) is 5.10 Å². The topological polar surface area (TPSA) is 77.4 Å². The number of fused-ring (bicyclic) bond motifs is 3. The molecular weight excluding hydrogens is 903 g/mol. The monoisotopic (exact) mass is 974 g/mol. The number of rotatable bonds is 12. The van der Waals surface area contributed by atoms with E-state index in [9.17, 15) is 0 Å². The van der Waals surface area contributed by atoms with E-state index in [-0.39, 0.29) is 5.92 Å². The number of aryl methyl sites for hydroxylation is 2. The molecule has 2 N–H and O–H groups in total. The first-order valence-electron chi connectivity index (χ1n) is 26.2. The molecule has 3 aromatic heterocycles. The molecule has 0 bridgehead atoms. The van der Waals surface area contributed by atoms with Crippen molar-refractivity contribution in [2.24, 2.45) is 13.0 Å². The first kappa shape index (κ1) is 48.7. The molecule has 1 saturated carbocycles. The number of hydrogen-bond donors (Lipinski definition) is 2. The Bertz CT molecular complexity index is 3140. The van der Waals surface area contributed by atoms with E-state index >= 15 is 0 Å². The second-order valence-corrected chi connectivity index (χ2v) is 21.4. The maximum Gasteiger partial charge on any atom is 0.188 e. The fraction of sp³-hybridized carbons (Fsp3) is 0.339. The summed E-state index contributed by atoms with van der Waals surface area (Å²) in [6.45, 7) is 31.5. The van der Waals surface area contributed by atoms with Gasteiger partial charge in [0.2, 0.25) is 0 Å². The predicted octanol–water partition coefficient (Wildman–Crippen LogP) is 14.3. The lowest BCUT2D eigenvalue weighted by molar-refractivity contribution is 0.288. The highest BCUT2D eigenvalue weighted by Gasteiger charge is 2.28. The largest absolute Gasteiger partial charge is 0.372 e. The van der Waals surface area contributed by atoms with Crippen molar-refractivity contribution >= 4 is 60.9 Å². The lowest BCUT2D eigenvalue weighted by Gasteiger charge is -2.38. The zero-order chi connectivity index (χ0) is 49.9. The van der Waals surface area contributed by atoms with Crippen LogP contribution in [0.4, 0.5) is 16.6 Å². The van der Waals surface area contributed by atoms with Crippen LogP contribution in [0.3, 0.4) is 0 Å². The van der Waals surface area contributed by atoms with Crippen LogP contribution in [0.2, 0.25) is 0 Å². The van der Waals surface area contributed by atoms with Gasteiger partial charge >= 0.3 is 0 Å². The Morgan fingerprint density at radius 3 is 2.42 bits per heavy atom. The van der Waals surface area contributed by atoms with Crippen molar-refractivity contribution < 1.29 is 0 Å². The smallest absolute Gasteiger partial charge is 0.188 e. The molecule has 6 heterocycles. The Kier molecular flexibility index (Phi) is 14.5. The summed E-state index contributed by atoms with van der Waals surface area (Å²) in [5.74, 6) is 2.14. The zero-order valence-corrected chi connectivity index (χ0v) is 43.6. The Morgan fingerprint density at radius 1 is 0.819 bits per heavy atom. The molecule has 3 aliphatic heterocycles. The normalized spacial score (nSPS) is 17.3. The molecule has 4 aliphatic rings. The molecule has 1 aliphatic carbocycles. The number of anilines is 3. The molecule has 72 heavy (non-hydrogen) atoms. The van der Waals surface area contributed by atoms with Gasteiger partial charge in [-0.25, -0.2) is 9.97 Å². The van der Waals surface area contributed by atoms with E-state index in [1.165, 1.54) is 95.1 Å². The van der Waals surface area contributed by atoms with Gasteiger partial charge in [0, 0.05) is 97.2 Å². The summed E-state index contributed by atoms with van der Waals surface area (Å²) in [6, 6.07) is 32.3. The fourth-order valence-electron chi connectivity index (χ4n) is 11.4. The van der Waals surface area contributed by atoms with Crippen LogP contribution in [-0.4, -0.2) is 57.4 Å². The first-order valence-corrected chi connectivity index (χ1v) is 27.0. The van der Waals surface area contributed by atoms with Gasteiger partial charge in [0.15, 0.2) is 5.13 Å². The fourth-order valence-corrected chi connectivity index (χ4v) is 12.3. The lowest BCUT2D eigenvalue weighted by atomic mass is 9.86. The van der Waals surface area contributed by atoms with Crippen molar-refractivity contribution in [1.82, 2.24) is 30.0 Å². The van der Waals surface area contributed by atoms with E-state index in [0.29, 0.717) is 0 Å². The number of hydrogen-bond acceptors (Lipinski definition) is 9. The number of aromatic nitrogens is 4. The number of para-hydroxylation sites is 1. The highest BCUT2D eigenvalue weighted by Crippen LogP contribution is 2.38. The summed E-state index contributed by atoms with van der Waals surface area (Å²) < 4.78 is 3.20. The molecule has 0 spiro atoms. The van der Waals surface area contributed by atoms with Crippen LogP contribution >= 0.6 is 11.3 Å². The first-order chi connectivity index (χ1) is 35.0. The molecule has 7 aromatic rings. The number of allylic oxidation sites excluding steroid dienone is 3. The summed E-state index contributed by atoms with van der Waals surface area (Å²) in [5, 5.41) is 13.8. The van der Waals surface area contributed by atoms with E-state index in [4.69, 9.17) is 15.1 Å². The summed E-state index contributed by atoms with van der Waals surface area (Å²) in [5.41, 5.74) is 18.5. The number of nitrogens with zero attached hydrogens (tertiary/aromatic N) is 7. The second-order valence-electron chi connectivity index (χ2n) is 20.4. The van der Waals surface area contributed by atoms with Gasteiger partial charge in [-0.1, -0.05) is 125 Å². The van der Waals surface area contributed by atoms with Gasteiger partial charge < -0.3 is 25.3 Å². The molecule has 4 aromatic carbocycles. The highest BCUT2D eigenvalue weighted by molar-refractivity contribution is 7.22. The van der Waals surface area contributed by atoms with Gasteiger partial charge in [0.25, 0.3) is 0 Å². The standard InChI is InChI=1S/C33H30N4S.C29H41N5/c1-5-29-27(25-12-8-10-21(2)22(25)3)16-17-32(35-29)37-19-18-24-11-9-13-26(28(24)20-37)23(4)34-33-36-30-14-6-7-15-31(30)38-33;1-21-10-14-26(23(3)30-21)29-27-15-13-25(20-28(27)32(4)31-29)34-18-16-33(17-19-34)22(2)11-12-24-8-6-5-7-9-24/h5-17H,1,4,18-20H2,2-3H3,(H,34,36);13,15,20,24,26,30H,1-3,5-12,14,16-19H2,4H3. The Labute approximate surface area is 431 Å². The Hall–Kier alpha value is -6.91. The highest BCUT2D eigenvalue weighted by atomic mass is 32.1. The zero-order valence-electron chi connectivity index (χ0n) is 42.8. The molecule has 0 radical (unpaired) electrons. The minimum Gasteiger partial charge on any atom is -0.372 e. The van der Waals surface area contributed by atoms with Gasteiger partial charge in [0.05, 0.1) is 27.1 Å². The molecule has 0 amide bonds. The Morgan fingerprint density at radius 2 is 1.62 bits per heavy atom. The molecule has 10 heteroatoms.